The summed E-state index contributed by atoms with van der Waals surface area (Å²) < 4.78 is 1.90. The average molecular weight is 158 g/mol. The van der Waals surface area contributed by atoms with E-state index in [1.54, 1.807) is 12.5 Å². The Morgan fingerprint density at radius 1 is 1.33 bits per heavy atom. The van der Waals surface area contributed by atoms with Gasteiger partial charge in [0.25, 0.3) is 0 Å². The fourth-order valence-corrected chi connectivity index (χ4v) is 1.38. The van der Waals surface area contributed by atoms with E-state index in [2.05, 4.69) is 15.0 Å². The highest BCUT2D eigenvalue weighted by Crippen LogP contribution is 2.13. The molecule has 3 aromatic rings. The van der Waals surface area contributed by atoms with E-state index in [0.29, 0.717) is 0 Å². The van der Waals surface area contributed by atoms with Crippen LogP contribution in [0.25, 0.3) is 16.7 Å². The maximum absolute atomic E-state index is 4.22. The summed E-state index contributed by atoms with van der Waals surface area (Å²) in [7, 11) is 0. The van der Waals surface area contributed by atoms with Gasteiger partial charge in [0.1, 0.15) is 17.6 Å². The topological polar surface area (TPSA) is 46.0 Å². The van der Waals surface area contributed by atoms with Crippen LogP contribution in [0.5, 0.6) is 0 Å². The van der Waals surface area contributed by atoms with E-state index in [1.165, 1.54) is 0 Å². The minimum atomic E-state index is 0.883. The van der Waals surface area contributed by atoms with Crippen LogP contribution in [0.1, 0.15) is 0 Å². The minimum Gasteiger partial charge on any atom is -0.346 e. The maximum atomic E-state index is 4.22. The predicted octanol–water partition coefficient (Wildman–Crippen LogP) is 1.21. The lowest BCUT2D eigenvalue weighted by Gasteiger charge is -1.92. The van der Waals surface area contributed by atoms with Crippen LogP contribution < -0.4 is 0 Å². The highest BCUT2D eigenvalue weighted by atomic mass is 15.0. The van der Waals surface area contributed by atoms with E-state index in [0.717, 1.165) is 16.7 Å². The number of fused-ring (bicyclic) bond motifs is 3. The molecule has 0 amide bonds. The molecule has 0 aromatic carbocycles. The van der Waals surface area contributed by atoms with Gasteiger partial charge in [-0.1, -0.05) is 0 Å². The van der Waals surface area contributed by atoms with E-state index < -0.39 is 0 Å². The third-order valence-corrected chi connectivity index (χ3v) is 1.95. The van der Waals surface area contributed by atoms with Crippen LogP contribution in [0.3, 0.4) is 0 Å². The Morgan fingerprint density at radius 2 is 2.33 bits per heavy atom. The molecule has 1 N–H and O–H groups in total. The van der Waals surface area contributed by atoms with Gasteiger partial charge in [-0.15, -0.1) is 0 Å². The average Bonchev–Trinajstić information content (AvgIpc) is 2.71. The molecule has 0 spiro atoms. The Kier molecular flexibility index (Phi) is 0.889. The second-order valence-electron chi connectivity index (χ2n) is 2.64. The maximum Gasteiger partial charge on any atom is 0.148 e. The molecular formula is C8H6N4. The van der Waals surface area contributed by atoms with Gasteiger partial charge < -0.3 is 4.98 Å². The predicted molar refractivity (Wildman–Crippen MR) is 44.8 cm³/mol. The Balaban J connectivity index is 2.71. The van der Waals surface area contributed by atoms with Gasteiger partial charge in [0, 0.05) is 18.6 Å². The van der Waals surface area contributed by atoms with Gasteiger partial charge in [-0.05, 0) is 6.07 Å². The Labute approximate surface area is 67.9 Å². The zero-order valence-corrected chi connectivity index (χ0v) is 6.23. The van der Waals surface area contributed by atoms with Gasteiger partial charge >= 0.3 is 0 Å². The fraction of sp³-hybridized carbons (Fsp3) is 0. The van der Waals surface area contributed by atoms with Crippen molar-refractivity contribution in [2.75, 3.05) is 0 Å². The summed E-state index contributed by atoms with van der Waals surface area (Å²) >= 11 is 0. The SMILES string of the molecule is c1cn2cnc3[nH]ccc3c2n1. The number of aromatic amines is 1. The highest BCUT2D eigenvalue weighted by molar-refractivity contribution is 5.88. The largest absolute Gasteiger partial charge is 0.346 e. The summed E-state index contributed by atoms with van der Waals surface area (Å²) in [5.41, 5.74) is 1.83. The Bertz CT molecular complexity index is 484. The lowest BCUT2D eigenvalue weighted by molar-refractivity contribution is 1.11. The molecule has 0 unspecified atom stereocenters. The van der Waals surface area contributed by atoms with E-state index in [-0.39, 0.29) is 0 Å². The highest BCUT2D eigenvalue weighted by Gasteiger charge is 2.01. The van der Waals surface area contributed by atoms with Crippen LogP contribution in [-0.4, -0.2) is 19.4 Å². The summed E-state index contributed by atoms with van der Waals surface area (Å²) in [6, 6.07) is 1.98. The van der Waals surface area contributed by atoms with Crippen LogP contribution >= 0.6 is 0 Å². The lowest BCUT2D eigenvalue weighted by atomic mass is 10.4. The molecule has 0 radical (unpaired) electrons. The second kappa shape index (κ2) is 1.85. The molecule has 0 bridgehead atoms. The van der Waals surface area contributed by atoms with E-state index in [4.69, 9.17) is 0 Å². The number of nitrogens with one attached hydrogen (secondary N) is 1. The van der Waals surface area contributed by atoms with Gasteiger partial charge in [0.05, 0.1) is 5.39 Å². The first kappa shape index (κ1) is 5.77. The van der Waals surface area contributed by atoms with Crippen molar-refractivity contribution >= 4 is 16.7 Å². The van der Waals surface area contributed by atoms with Crippen LogP contribution in [0, 0.1) is 0 Å². The van der Waals surface area contributed by atoms with Gasteiger partial charge in [-0.2, -0.15) is 0 Å². The third kappa shape index (κ3) is 0.567. The Morgan fingerprint density at radius 3 is 3.33 bits per heavy atom. The Hall–Kier alpha value is -1.84. The monoisotopic (exact) mass is 158 g/mol. The molecule has 4 heteroatoms. The molecule has 12 heavy (non-hydrogen) atoms. The standard InChI is InChI=1S/C8H6N4/c1-2-9-7-6(1)8-10-3-4-12(8)5-11-7/h1-5,9H. The van der Waals surface area contributed by atoms with Crippen molar-refractivity contribution in [1.29, 1.82) is 0 Å². The van der Waals surface area contributed by atoms with E-state index in [9.17, 15) is 0 Å². The molecule has 0 aliphatic rings. The summed E-state index contributed by atoms with van der Waals surface area (Å²) in [6.07, 6.45) is 7.27. The number of hydrogen-bond acceptors (Lipinski definition) is 2. The van der Waals surface area contributed by atoms with Crippen LogP contribution in [0.4, 0.5) is 0 Å². The fourth-order valence-electron chi connectivity index (χ4n) is 1.38. The van der Waals surface area contributed by atoms with Gasteiger partial charge in [-0.25, -0.2) is 9.97 Å². The third-order valence-electron chi connectivity index (χ3n) is 1.95. The smallest absolute Gasteiger partial charge is 0.148 e. The molecule has 3 aromatic heterocycles. The lowest BCUT2D eigenvalue weighted by Crippen LogP contribution is -1.86. The molecule has 0 saturated heterocycles. The first-order valence-corrected chi connectivity index (χ1v) is 3.70. The number of hydrogen-bond donors (Lipinski definition) is 1. The zero-order chi connectivity index (χ0) is 7.97. The van der Waals surface area contributed by atoms with Gasteiger partial charge in [-0.3, -0.25) is 4.40 Å². The summed E-state index contributed by atoms with van der Waals surface area (Å²) in [4.78, 5) is 11.5. The minimum absolute atomic E-state index is 0.883. The van der Waals surface area contributed by atoms with Crippen molar-refractivity contribution in [3.05, 3.63) is 31.0 Å². The van der Waals surface area contributed by atoms with E-state index >= 15 is 0 Å². The van der Waals surface area contributed by atoms with Crippen molar-refractivity contribution in [2.24, 2.45) is 0 Å². The molecule has 58 valence electrons. The molecule has 3 rings (SSSR count). The molecular weight excluding hydrogens is 152 g/mol. The van der Waals surface area contributed by atoms with E-state index in [1.807, 2.05) is 22.9 Å². The number of aromatic nitrogens is 4. The molecule has 4 nitrogen and oxygen atoms in total. The first-order valence-electron chi connectivity index (χ1n) is 3.70. The van der Waals surface area contributed by atoms with Crippen molar-refractivity contribution in [3.63, 3.8) is 0 Å². The van der Waals surface area contributed by atoms with Crippen molar-refractivity contribution in [2.45, 2.75) is 0 Å². The van der Waals surface area contributed by atoms with Crippen LogP contribution in [0.2, 0.25) is 0 Å². The number of rotatable bonds is 0. The normalized spacial score (nSPS) is 11.3. The first-order chi connectivity index (χ1) is 5.95. The van der Waals surface area contributed by atoms with Crippen LogP contribution in [-0.2, 0) is 0 Å². The summed E-state index contributed by atoms with van der Waals surface area (Å²) in [5, 5.41) is 1.06. The molecule has 0 aliphatic heterocycles. The summed E-state index contributed by atoms with van der Waals surface area (Å²) in [6.45, 7) is 0. The summed E-state index contributed by atoms with van der Waals surface area (Å²) in [5.74, 6) is 0. The second-order valence-corrected chi connectivity index (χ2v) is 2.64. The van der Waals surface area contributed by atoms with Gasteiger partial charge in [0.15, 0.2) is 0 Å². The molecule has 0 aliphatic carbocycles. The number of nitrogens with zero attached hydrogens (tertiary/aromatic N) is 3. The molecule has 3 heterocycles. The quantitative estimate of drug-likeness (QED) is 0.534. The van der Waals surface area contributed by atoms with Crippen LogP contribution in [0.15, 0.2) is 31.0 Å². The van der Waals surface area contributed by atoms with Crippen molar-refractivity contribution in [3.8, 4) is 0 Å². The van der Waals surface area contributed by atoms with Crippen molar-refractivity contribution < 1.29 is 0 Å². The molecule has 0 fully saturated rings. The zero-order valence-electron chi connectivity index (χ0n) is 6.23. The molecule has 0 saturated carbocycles. The van der Waals surface area contributed by atoms with Crippen molar-refractivity contribution in [1.82, 2.24) is 19.4 Å². The van der Waals surface area contributed by atoms with Gasteiger partial charge in [0.2, 0.25) is 0 Å². The number of imidazole rings is 1. The molecule has 0 atom stereocenters. The number of H-pyrrole nitrogens is 1.